The molecular formula is C25H20FN3O2. The molecule has 3 aromatic carbocycles. The van der Waals surface area contributed by atoms with Crippen molar-refractivity contribution in [3.63, 3.8) is 0 Å². The number of carbonyl (C=O) groups excluding carboxylic acids is 1. The Morgan fingerprint density at radius 2 is 1.71 bits per heavy atom. The maximum Gasteiger partial charge on any atom is 0.277 e. The highest BCUT2D eigenvalue weighted by Crippen LogP contribution is 2.45. The zero-order chi connectivity index (χ0) is 21.4. The number of nitrogens with zero attached hydrogens (tertiary/aromatic N) is 2. The molecule has 0 fully saturated rings. The summed E-state index contributed by atoms with van der Waals surface area (Å²) >= 11 is 0. The highest BCUT2D eigenvalue weighted by molar-refractivity contribution is 6.11. The number of anilines is 1. The first-order valence-corrected chi connectivity index (χ1v) is 10.1. The van der Waals surface area contributed by atoms with E-state index in [4.69, 9.17) is 4.74 Å². The summed E-state index contributed by atoms with van der Waals surface area (Å²) in [6.07, 6.45) is 0. The Balaban J connectivity index is 1.69. The van der Waals surface area contributed by atoms with Gasteiger partial charge in [-0.05, 0) is 37.3 Å². The topological polar surface area (TPSA) is 58.2 Å². The number of benzene rings is 3. The summed E-state index contributed by atoms with van der Waals surface area (Å²) in [6, 6.07) is 22.8. The van der Waals surface area contributed by atoms with Crippen LogP contribution in [0.25, 0.3) is 11.3 Å². The van der Waals surface area contributed by atoms with E-state index in [1.54, 1.807) is 23.1 Å². The van der Waals surface area contributed by atoms with E-state index in [1.165, 1.54) is 6.07 Å². The summed E-state index contributed by atoms with van der Waals surface area (Å²) in [6.45, 7) is 2.47. The summed E-state index contributed by atoms with van der Waals surface area (Å²) in [4.78, 5) is 15.1. The van der Waals surface area contributed by atoms with Crippen molar-refractivity contribution >= 4 is 11.6 Å². The van der Waals surface area contributed by atoms with Gasteiger partial charge in [-0.2, -0.15) is 5.10 Å². The molecule has 0 saturated heterocycles. The van der Waals surface area contributed by atoms with E-state index in [9.17, 15) is 9.18 Å². The number of amides is 1. The smallest absolute Gasteiger partial charge is 0.277 e. The molecule has 0 saturated carbocycles. The fourth-order valence-corrected chi connectivity index (χ4v) is 4.09. The number of rotatable bonds is 5. The average molecular weight is 413 g/mol. The monoisotopic (exact) mass is 413 g/mol. The number of aromatic nitrogens is 2. The summed E-state index contributed by atoms with van der Waals surface area (Å²) in [5.74, 6) is 0.0943. The van der Waals surface area contributed by atoms with Gasteiger partial charge in [0.25, 0.3) is 5.91 Å². The van der Waals surface area contributed by atoms with Crippen LogP contribution in [0.1, 0.15) is 34.6 Å². The molecule has 1 unspecified atom stereocenters. The Kier molecular flexibility index (Phi) is 4.75. The predicted molar refractivity (Wildman–Crippen MR) is 117 cm³/mol. The van der Waals surface area contributed by atoms with E-state index < -0.39 is 6.04 Å². The van der Waals surface area contributed by atoms with Gasteiger partial charge < -0.3 is 4.74 Å². The Morgan fingerprint density at radius 3 is 2.42 bits per heavy atom. The van der Waals surface area contributed by atoms with Crippen LogP contribution < -0.4 is 9.64 Å². The molecule has 1 amide bonds. The second-order valence-electron chi connectivity index (χ2n) is 7.25. The number of aromatic amines is 1. The van der Waals surface area contributed by atoms with Crippen molar-refractivity contribution in [2.45, 2.75) is 13.0 Å². The molecule has 6 heteroatoms. The molecule has 0 spiro atoms. The quantitative estimate of drug-likeness (QED) is 0.479. The molecule has 5 nitrogen and oxygen atoms in total. The highest BCUT2D eigenvalue weighted by Gasteiger charge is 2.44. The first-order valence-electron chi connectivity index (χ1n) is 10.1. The molecule has 1 aromatic heterocycles. The first kappa shape index (κ1) is 19.1. The number of ether oxygens (including phenoxy) is 1. The lowest BCUT2D eigenvalue weighted by Gasteiger charge is -2.27. The van der Waals surface area contributed by atoms with Crippen LogP contribution >= 0.6 is 0 Å². The van der Waals surface area contributed by atoms with Gasteiger partial charge in [-0.1, -0.05) is 48.5 Å². The third-order valence-corrected chi connectivity index (χ3v) is 5.44. The number of H-pyrrole nitrogens is 1. The molecule has 1 aliphatic rings. The van der Waals surface area contributed by atoms with Crippen molar-refractivity contribution in [1.29, 1.82) is 0 Å². The van der Waals surface area contributed by atoms with Crippen molar-refractivity contribution < 1.29 is 13.9 Å². The zero-order valence-corrected chi connectivity index (χ0v) is 16.9. The maximum absolute atomic E-state index is 15.0. The fraction of sp³-hybridized carbons (Fsp3) is 0.120. The van der Waals surface area contributed by atoms with Crippen LogP contribution in [0.15, 0.2) is 78.9 Å². The zero-order valence-electron chi connectivity index (χ0n) is 16.9. The third-order valence-electron chi connectivity index (χ3n) is 5.44. The Bertz CT molecular complexity index is 1240. The van der Waals surface area contributed by atoms with Gasteiger partial charge in [0.1, 0.15) is 17.3 Å². The van der Waals surface area contributed by atoms with E-state index in [0.29, 0.717) is 40.6 Å². The molecule has 5 rings (SSSR count). The third kappa shape index (κ3) is 3.17. The summed E-state index contributed by atoms with van der Waals surface area (Å²) in [5.41, 5.74) is 3.64. The van der Waals surface area contributed by atoms with Gasteiger partial charge in [0.05, 0.1) is 18.3 Å². The van der Waals surface area contributed by atoms with Crippen molar-refractivity contribution in [2.75, 3.05) is 11.5 Å². The number of hydrogen-bond acceptors (Lipinski definition) is 3. The molecular weight excluding hydrogens is 393 g/mol. The average Bonchev–Trinajstić information content (AvgIpc) is 3.35. The highest BCUT2D eigenvalue weighted by atomic mass is 19.1. The van der Waals surface area contributed by atoms with Crippen LogP contribution in [0.4, 0.5) is 10.1 Å². The number of fused-ring (bicyclic) bond motifs is 1. The molecule has 0 aliphatic carbocycles. The van der Waals surface area contributed by atoms with Gasteiger partial charge in [-0.15, -0.1) is 0 Å². The van der Waals surface area contributed by atoms with Gasteiger partial charge in [-0.3, -0.25) is 14.8 Å². The molecule has 1 N–H and O–H groups in total. The molecule has 1 aliphatic heterocycles. The Morgan fingerprint density at radius 1 is 1.00 bits per heavy atom. The number of hydrogen-bond donors (Lipinski definition) is 1. The molecule has 2 heterocycles. The van der Waals surface area contributed by atoms with E-state index in [1.807, 2.05) is 61.5 Å². The second kappa shape index (κ2) is 7.72. The van der Waals surface area contributed by atoms with Gasteiger partial charge in [0.15, 0.2) is 0 Å². The SMILES string of the molecule is CCOc1ccc(N2C(=O)c3[nH]nc(-c4ccccc4)c3C2c2ccccc2F)cc1. The molecule has 0 radical (unpaired) electrons. The van der Waals surface area contributed by atoms with Crippen molar-refractivity contribution in [3.8, 4) is 17.0 Å². The van der Waals surface area contributed by atoms with Gasteiger partial charge >= 0.3 is 0 Å². The van der Waals surface area contributed by atoms with Crippen LogP contribution in [-0.2, 0) is 0 Å². The predicted octanol–water partition coefficient (Wildman–Crippen LogP) is 5.36. The van der Waals surface area contributed by atoms with Gasteiger partial charge in [0.2, 0.25) is 0 Å². The lowest BCUT2D eigenvalue weighted by atomic mass is 9.95. The van der Waals surface area contributed by atoms with Crippen LogP contribution in [0.2, 0.25) is 0 Å². The lowest BCUT2D eigenvalue weighted by Crippen LogP contribution is -2.29. The number of nitrogens with one attached hydrogen (secondary N) is 1. The number of carbonyl (C=O) groups is 1. The molecule has 4 aromatic rings. The maximum atomic E-state index is 15.0. The van der Waals surface area contributed by atoms with E-state index >= 15 is 0 Å². The minimum absolute atomic E-state index is 0.248. The van der Waals surface area contributed by atoms with Gasteiger partial charge in [-0.25, -0.2) is 4.39 Å². The summed E-state index contributed by atoms with van der Waals surface area (Å²) in [7, 11) is 0. The number of halogens is 1. The van der Waals surface area contributed by atoms with E-state index in [-0.39, 0.29) is 11.7 Å². The van der Waals surface area contributed by atoms with Crippen molar-refractivity contribution in [3.05, 3.63) is 102 Å². The molecule has 154 valence electrons. The molecule has 0 bridgehead atoms. The van der Waals surface area contributed by atoms with Crippen LogP contribution in [0.5, 0.6) is 5.75 Å². The largest absolute Gasteiger partial charge is 0.494 e. The summed E-state index contributed by atoms with van der Waals surface area (Å²) < 4.78 is 20.5. The molecule has 31 heavy (non-hydrogen) atoms. The minimum atomic E-state index is -0.643. The Labute approximate surface area is 179 Å². The van der Waals surface area contributed by atoms with Crippen molar-refractivity contribution in [2.24, 2.45) is 0 Å². The first-order chi connectivity index (χ1) is 15.2. The normalized spacial score (nSPS) is 15.2. The van der Waals surface area contributed by atoms with Gasteiger partial charge in [0, 0.05) is 22.4 Å². The second-order valence-corrected chi connectivity index (χ2v) is 7.25. The summed E-state index contributed by atoms with van der Waals surface area (Å²) in [5, 5.41) is 7.31. The van der Waals surface area contributed by atoms with Crippen LogP contribution in [-0.4, -0.2) is 22.7 Å². The van der Waals surface area contributed by atoms with E-state index in [2.05, 4.69) is 10.2 Å². The van der Waals surface area contributed by atoms with Crippen LogP contribution in [0.3, 0.4) is 0 Å². The fourth-order valence-electron chi connectivity index (χ4n) is 4.09. The molecule has 1 atom stereocenters. The standard InChI is InChI=1S/C25H20FN3O2/c1-2-31-18-14-12-17(13-15-18)29-24(19-10-6-7-11-20(19)26)21-22(16-8-4-3-5-9-16)27-28-23(21)25(29)30/h3-15,24H,2H2,1H3,(H,27,28). The Hall–Kier alpha value is -3.93. The minimum Gasteiger partial charge on any atom is -0.494 e. The van der Waals surface area contributed by atoms with Crippen molar-refractivity contribution in [1.82, 2.24) is 10.2 Å². The van der Waals surface area contributed by atoms with Crippen LogP contribution in [0, 0.1) is 5.82 Å². The van der Waals surface area contributed by atoms with E-state index in [0.717, 1.165) is 5.56 Å². The lowest BCUT2D eigenvalue weighted by molar-refractivity contribution is 0.0988.